The highest BCUT2D eigenvalue weighted by Crippen LogP contribution is 2.36. The van der Waals surface area contributed by atoms with Crippen molar-refractivity contribution in [2.45, 2.75) is 40.9 Å². The van der Waals surface area contributed by atoms with Crippen LogP contribution in [-0.4, -0.2) is 4.98 Å². The van der Waals surface area contributed by atoms with Gasteiger partial charge in [0.15, 0.2) is 11.8 Å². The number of hydrogen-bond donors (Lipinski definition) is 0. The van der Waals surface area contributed by atoms with E-state index in [1.165, 1.54) is 6.20 Å². The Hall–Kier alpha value is -2.68. The molecule has 0 radical (unpaired) electrons. The first-order valence-electron chi connectivity index (χ1n) is 11.6. The summed E-state index contributed by atoms with van der Waals surface area (Å²) >= 11 is 0. The number of furan rings is 1. The molecule has 0 aliphatic rings. The van der Waals surface area contributed by atoms with Crippen LogP contribution < -0.4 is 4.57 Å². The summed E-state index contributed by atoms with van der Waals surface area (Å²) in [6, 6.07) is 9.48. The van der Waals surface area contributed by atoms with Gasteiger partial charge in [-0.05, 0) is 48.8 Å². The molecule has 138 valence electrons. The van der Waals surface area contributed by atoms with Crippen molar-refractivity contribution in [1.82, 2.24) is 4.98 Å². The molecule has 3 aromatic heterocycles. The van der Waals surface area contributed by atoms with Gasteiger partial charge in [0.1, 0.15) is 7.05 Å². The van der Waals surface area contributed by atoms with Gasteiger partial charge < -0.3 is 4.42 Å². The van der Waals surface area contributed by atoms with E-state index in [2.05, 4.69) is 4.98 Å². The van der Waals surface area contributed by atoms with Gasteiger partial charge in [0.05, 0.1) is 5.56 Å². The predicted octanol–water partition coefficient (Wildman–Crippen LogP) is 5.68. The summed E-state index contributed by atoms with van der Waals surface area (Å²) in [5.41, 5.74) is 2.97. The van der Waals surface area contributed by atoms with E-state index in [-0.39, 0.29) is 11.1 Å². The molecule has 27 heavy (non-hydrogen) atoms. The van der Waals surface area contributed by atoms with Gasteiger partial charge in [-0.2, -0.15) is 0 Å². The van der Waals surface area contributed by atoms with Crippen LogP contribution in [0.1, 0.15) is 44.3 Å². The molecule has 3 heterocycles. The van der Waals surface area contributed by atoms with Crippen LogP contribution >= 0.6 is 0 Å². The molecule has 0 N–H and O–H groups in total. The molecule has 0 aliphatic heterocycles. The summed E-state index contributed by atoms with van der Waals surface area (Å²) in [5, 5.41) is 1.81. The molecule has 0 saturated carbocycles. The minimum absolute atomic E-state index is 0.0137. The van der Waals surface area contributed by atoms with Crippen molar-refractivity contribution in [3.8, 4) is 11.3 Å². The second-order valence-corrected chi connectivity index (χ2v) is 8.06. The van der Waals surface area contributed by atoms with Crippen LogP contribution in [0, 0.1) is 19.2 Å². The van der Waals surface area contributed by atoms with E-state index in [0.29, 0.717) is 17.0 Å². The molecule has 0 aliphatic carbocycles. The van der Waals surface area contributed by atoms with Gasteiger partial charge in [-0.1, -0.05) is 32.9 Å². The Kier molecular flexibility index (Phi) is 2.90. The molecule has 0 spiro atoms. The standard InChI is InChI=1S/C24H27N2O/c1-15-9-10-18-19-8-7-11-25-23(19)27-22(18)21(15)20-12-17(13-24(3,4)5)16(2)14-26(20)6/h7-12,14H,13H2,1-6H3/q+1/i2D3,13D2. The van der Waals surface area contributed by atoms with Crippen LogP contribution in [0.25, 0.3) is 33.3 Å². The van der Waals surface area contributed by atoms with Gasteiger partial charge in [0.2, 0.25) is 11.4 Å². The minimum atomic E-state index is -2.45. The van der Waals surface area contributed by atoms with Crippen molar-refractivity contribution in [3.05, 3.63) is 59.4 Å². The lowest BCUT2D eigenvalue weighted by Gasteiger charge is -2.19. The average molecular weight is 365 g/mol. The third-order valence-corrected chi connectivity index (χ3v) is 4.67. The minimum Gasteiger partial charge on any atom is -0.437 e. The van der Waals surface area contributed by atoms with Crippen molar-refractivity contribution in [1.29, 1.82) is 0 Å². The molecular formula is C24H27N2O+. The fourth-order valence-electron chi connectivity index (χ4n) is 3.50. The van der Waals surface area contributed by atoms with Crippen molar-refractivity contribution < 1.29 is 15.8 Å². The van der Waals surface area contributed by atoms with Gasteiger partial charge in [-0.15, -0.1) is 0 Å². The highest BCUT2D eigenvalue weighted by atomic mass is 16.3. The summed E-state index contributed by atoms with van der Waals surface area (Å²) in [7, 11) is 1.78. The highest BCUT2D eigenvalue weighted by Gasteiger charge is 2.23. The summed E-state index contributed by atoms with van der Waals surface area (Å²) in [6.07, 6.45) is 1.33. The van der Waals surface area contributed by atoms with Gasteiger partial charge in [0.25, 0.3) is 0 Å². The van der Waals surface area contributed by atoms with Gasteiger partial charge in [0, 0.05) is 35.5 Å². The van der Waals surface area contributed by atoms with Crippen LogP contribution in [0.2, 0.25) is 0 Å². The Balaban J connectivity index is 2.11. The van der Waals surface area contributed by atoms with Crippen molar-refractivity contribution >= 4 is 22.1 Å². The molecule has 0 fully saturated rings. The van der Waals surface area contributed by atoms with Crippen LogP contribution in [0.3, 0.4) is 0 Å². The van der Waals surface area contributed by atoms with Crippen molar-refractivity contribution in [2.24, 2.45) is 12.5 Å². The van der Waals surface area contributed by atoms with Gasteiger partial charge in [-0.25, -0.2) is 9.55 Å². The molecular weight excluding hydrogens is 332 g/mol. The second-order valence-electron chi connectivity index (χ2n) is 8.06. The lowest BCUT2D eigenvalue weighted by molar-refractivity contribution is -0.660. The summed E-state index contributed by atoms with van der Waals surface area (Å²) in [4.78, 5) is 4.33. The van der Waals surface area contributed by atoms with Gasteiger partial charge >= 0.3 is 0 Å². The molecule has 0 atom stereocenters. The largest absolute Gasteiger partial charge is 0.437 e. The van der Waals surface area contributed by atoms with Crippen LogP contribution in [0.15, 0.2) is 47.1 Å². The average Bonchev–Trinajstić information content (AvgIpc) is 3.05. The zero-order chi connectivity index (χ0) is 23.6. The van der Waals surface area contributed by atoms with Gasteiger partial charge in [-0.3, -0.25) is 0 Å². The van der Waals surface area contributed by atoms with E-state index in [1.807, 2.05) is 31.2 Å². The zero-order valence-corrected chi connectivity index (χ0v) is 16.3. The van der Waals surface area contributed by atoms with Crippen molar-refractivity contribution in [3.63, 3.8) is 0 Å². The number of hydrogen-bond acceptors (Lipinski definition) is 2. The maximum absolute atomic E-state index is 8.85. The Morgan fingerprint density at radius 2 is 2.00 bits per heavy atom. The van der Waals surface area contributed by atoms with E-state index in [1.54, 1.807) is 44.6 Å². The molecule has 3 nitrogen and oxygen atoms in total. The molecule has 0 saturated heterocycles. The fourth-order valence-corrected chi connectivity index (χ4v) is 3.50. The summed E-state index contributed by atoms with van der Waals surface area (Å²) < 4.78 is 49.7. The first-order valence-corrected chi connectivity index (χ1v) is 9.05. The van der Waals surface area contributed by atoms with Crippen LogP contribution in [0.4, 0.5) is 0 Å². The SMILES string of the molecule is [2H]C([2H])([2H])c1c[n+](C)c(-c2c(C)ccc3c2oc2ncccc23)cc1C([2H])([2H])C(C)(C)C. The van der Waals surface area contributed by atoms with E-state index in [4.69, 9.17) is 11.3 Å². The Bertz CT molecular complexity index is 1350. The van der Waals surface area contributed by atoms with Crippen molar-refractivity contribution in [2.75, 3.05) is 0 Å². The number of fused-ring (bicyclic) bond motifs is 3. The zero-order valence-electron chi connectivity index (χ0n) is 21.3. The Morgan fingerprint density at radius 1 is 1.19 bits per heavy atom. The maximum Gasteiger partial charge on any atom is 0.227 e. The van der Waals surface area contributed by atoms with Crippen LogP contribution in [0.5, 0.6) is 0 Å². The third-order valence-electron chi connectivity index (χ3n) is 4.67. The topological polar surface area (TPSA) is 29.9 Å². The van der Waals surface area contributed by atoms with E-state index < -0.39 is 18.6 Å². The second kappa shape index (κ2) is 6.19. The molecule has 0 amide bonds. The monoisotopic (exact) mass is 364 g/mol. The Morgan fingerprint density at radius 3 is 2.74 bits per heavy atom. The number of benzene rings is 1. The quantitative estimate of drug-likeness (QED) is 0.428. The first-order chi connectivity index (χ1) is 14.7. The lowest BCUT2D eigenvalue weighted by atomic mass is 9.86. The Labute approximate surface area is 167 Å². The molecule has 0 unspecified atom stereocenters. The smallest absolute Gasteiger partial charge is 0.227 e. The lowest BCUT2D eigenvalue weighted by Crippen LogP contribution is -2.32. The molecule has 4 rings (SSSR count). The molecule has 1 aromatic carbocycles. The molecule has 0 bridgehead atoms. The normalized spacial score (nSPS) is 16.0. The van der Waals surface area contributed by atoms with E-state index >= 15 is 0 Å². The number of aryl methyl sites for hydroxylation is 3. The predicted molar refractivity (Wildman–Crippen MR) is 111 cm³/mol. The number of aromatic nitrogens is 2. The first kappa shape index (κ1) is 12.7. The summed E-state index contributed by atoms with van der Waals surface area (Å²) in [5.74, 6) is 0. The highest BCUT2D eigenvalue weighted by molar-refractivity contribution is 6.08. The molecule has 3 heteroatoms. The number of pyridine rings is 2. The fraction of sp³-hybridized carbons (Fsp3) is 0.333. The number of nitrogens with zero attached hydrogens (tertiary/aromatic N) is 2. The third kappa shape index (κ3) is 3.12. The molecule has 4 aromatic rings. The van der Waals surface area contributed by atoms with E-state index in [0.717, 1.165) is 21.9 Å². The summed E-state index contributed by atoms with van der Waals surface area (Å²) in [6.45, 7) is 4.85. The van der Waals surface area contributed by atoms with Crippen LogP contribution in [-0.2, 0) is 13.4 Å². The van der Waals surface area contributed by atoms with E-state index in [9.17, 15) is 0 Å². The number of rotatable bonds is 2. The maximum atomic E-state index is 8.85.